The van der Waals surface area contributed by atoms with Crippen molar-refractivity contribution in [3.05, 3.63) is 48.0 Å². The summed E-state index contributed by atoms with van der Waals surface area (Å²) in [6, 6.07) is 12.9. The van der Waals surface area contributed by atoms with Gasteiger partial charge in [0.2, 0.25) is 27.8 Å². The van der Waals surface area contributed by atoms with E-state index in [1.54, 1.807) is 28.0 Å². The third kappa shape index (κ3) is 3.54. The van der Waals surface area contributed by atoms with Gasteiger partial charge in [0.15, 0.2) is 0 Å². The van der Waals surface area contributed by atoms with Crippen molar-refractivity contribution in [2.24, 2.45) is 5.92 Å². The first-order chi connectivity index (χ1) is 17.3. The number of para-hydroxylation sites is 2. The molecular weight excluding hydrogens is 478 g/mol. The smallest absolute Gasteiger partial charge is 0.243 e. The maximum Gasteiger partial charge on any atom is 0.243 e. The Labute approximate surface area is 210 Å². The Morgan fingerprint density at radius 1 is 1.00 bits per heavy atom. The lowest BCUT2D eigenvalue weighted by atomic mass is 9.96. The van der Waals surface area contributed by atoms with Crippen molar-refractivity contribution in [3.63, 3.8) is 0 Å². The summed E-state index contributed by atoms with van der Waals surface area (Å²) in [7, 11) is -3.68. The zero-order chi connectivity index (χ0) is 25.2. The van der Waals surface area contributed by atoms with Crippen LogP contribution < -0.4 is 9.80 Å². The van der Waals surface area contributed by atoms with Crippen LogP contribution in [0.5, 0.6) is 0 Å². The van der Waals surface area contributed by atoms with Crippen LogP contribution in [0.2, 0.25) is 0 Å². The monoisotopic (exact) mass is 507 g/mol. The molecular formula is C26H29N5O4S. The highest BCUT2D eigenvalue weighted by Crippen LogP contribution is 2.36. The quantitative estimate of drug-likeness (QED) is 0.543. The second kappa shape index (κ2) is 8.41. The van der Waals surface area contributed by atoms with Crippen molar-refractivity contribution in [1.82, 2.24) is 13.9 Å². The maximum atomic E-state index is 13.4. The number of sulfonamides is 1. The van der Waals surface area contributed by atoms with Gasteiger partial charge in [0, 0.05) is 50.7 Å². The summed E-state index contributed by atoms with van der Waals surface area (Å²) in [6.45, 7) is 5.40. The molecule has 1 fully saturated rings. The summed E-state index contributed by atoms with van der Waals surface area (Å²) in [5.41, 5.74) is 3.57. The Balaban J connectivity index is 1.16. The second-order valence-electron chi connectivity index (χ2n) is 9.95. The molecule has 0 saturated carbocycles. The molecule has 9 nitrogen and oxygen atoms in total. The SMILES string of the molecule is CC(=O)N1c2ccc(S(=O)(=O)N3CCC(C(=O)N4CCn5c4nc4ccccc45)CC3)cc2C[C@H]1C. The largest absolute Gasteiger partial charge is 0.309 e. The Kier molecular flexibility index (Phi) is 5.42. The summed E-state index contributed by atoms with van der Waals surface area (Å²) in [6.07, 6.45) is 1.60. The fourth-order valence-corrected chi connectivity index (χ4v) is 7.48. The Hall–Kier alpha value is -3.24. The van der Waals surface area contributed by atoms with E-state index in [9.17, 15) is 18.0 Å². The van der Waals surface area contributed by atoms with Gasteiger partial charge in [-0.05, 0) is 62.1 Å². The topological polar surface area (TPSA) is 95.8 Å². The fourth-order valence-electron chi connectivity index (χ4n) is 5.96. The van der Waals surface area contributed by atoms with E-state index in [2.05, 4.69) is 9.55 Å². The van der Waals surface area contributed by atoms with Crippen molar-refractivity contribution < 1.29 is 18.0 Å². The van der Waals surface area contributed by atoms with Crippen molar-refractivity contribution in [2.45, 2.75) is 50.6 Å². The third-order valence-corrected chi connectivity index (χ3v) is 9.63. The van der Waals surface area contributed by atoms with Crippen LogP contribution in [-0.2, 0) is 32.6 Å². The molecule has 188 valence electrons. The highest BCUT2D eigenvalue weighted by atomic mass is 32.2. The van der Waals surface area contributed by atoms with Gasteiger partial charge in [0.1, 0.15) is 0 Å². The molecule has 3 aliphatic rings. The van der Waals surface area contributed by atoms with Crippen LogP contribution in [0.15, 0.2) is 47.4 Å². The number of imidazole rings is 1. The van der Waals surface area contributed by atoms with Crippen molar-refractivity contribution in [2.75, 3.05) is 29.4 Å². The van der Waals surface area contributed by atoms with Crippen LogP contribution in [0.3, 0.4) is 0 Å². The van der Waals surface area contributed by atoms with E-state index in [1.165, 1.54) is 11.2 Å². The molecule has 3 aromatic rings. The van der Waals surface area contributed by atoms with Crippen LogP contribution in [0.1, 0.15) is 32.3 Å². The van der Waals surface area contributed by atoms with Gasteiger partial charge in [-0.1, -0.05) is 12.1 Å². The van der Waals surface area contributed by atoms with Gasteiger partial charge in [0.05, 0.1) is 15.9 Å². The van der Waals surface area contributed by atoms with Crippen LogP contribution in [0.4, 0.5) is 11.6 Å². The molecule has 1 saturated heterocycles. The van der Waals surface area contributed by atoms with Crippen LogP contribution in [0, 0.1) is 5.92 Å². The molecule has 0 bridgehead atoms. The van der Waals surface area contributed by atoms with Crippen LogP contribution in [0.25, 0.3) is 11.0 Å². The number of hydrogen-bond donors (Lipinski definition) is 0. The molecule has 4 heterocycles. The van der Waals surface area contributed by atoms with Crippen molar-refractivity contribution in [1.29, 1.82) is 0 Å². The van der Waals surface area contributed by atoms with Crippen molar-refractivity contribution in [3.8, 4) is 0 Å². The van der Waals surface area contributed by atoms with E-state index in [1.807, 2.05) is 31.2 Å². The molecule has 0 unspecified atom stereocenters. The Morgan fingerprint density at radius 3 is 2.50 bits per heavy atom. The molecule has 2 aromatic carbocycles. The number of piperidine rings is 1. The van der Waals surface area contributed by atoms with Gasteiger partial charge in [0.25, 0.3) is 0 Å². The zero-order valence-electron chi connectivity index (χ0n) is 20.4. The minimum atomic E-state index is -3.68. The number of carbonyl (C=O) groups is 2. The average Bonchev–Trinajstić information content (AvgIpc) is 3.53. The molecule has 2 amide bonds. The lowest BCUT2D eigenvalue weighted by molar-refractivity contribution is -0.123. The van der Waals surface area contributed by atoms with Gasteiger partial charge in [-0.2, -0.15) is 4.31 Å². The standard InChI is InChI=1S/C26H29N5O4S/c1-17-15-20-16-21(7-8-23(20)31(17)18(2)32)36(34,35)28-11-9-19(10-12-28)25(33)30-14-13-29-24-6-4-3-5-22(24)27-26(29)30/h3-8,16-17,19H,9-15H2,1-2H3/t17-/m1/s1. The summed E-state index contributed by atoms with van der Waals surface area (Å²) < 4.78 is 30.4. The lowest BCUT2D eigenvalue weighted by Crippen LogP contribution is -2.44. The van der Waals surface area contributed by atoms with E-state index >= 15 is 0 Å². The molecule has 36 heavy (non-hydrogen) atoms. The molecule has 1 atom stereocenters. The van der Waals surface area contributed by atoms with E-state index in [-0.39, 0.29) is 28.7 Å². The number of fused-ring (bicyclic) bond motifs is 4. The molecule has 0 N–H and O–H groups in total. The number of amides is 2. The van der Waals surface area contributed by atoms with E-state index in [0.717, 1.165) is 22.3 Å². The number of rotatable bonds is 3. The highest BCUT2D eigenvalue weighted by molar-refractivity contribution is 7.89. The minimum Gasteiger partial charge on any atom is -0.309 e. The normalized spacial score (nSPS) is 20.7. The molecule has 3 aliphatic heterocycles. The predicted octanol–water partition coefficient (Wildman–Crippen LogP) is 2.78. The molecule has 0 aliphatic carbocycles. The van der Waals surface area contributed by atoms with E-state index in [0.29, 0.717) is 51.4 Å². The van der Waals surface area contributed by atoms with E-state index < -0.39 is 10.0 Å². The molecule has 0 radical (unpaired) electrons. The summed E-state index contributed by atoms with van der Waals surface area (Å²) in [5.74, 6) is 0.435. The molecule has 6 rings (SSSR count). The molecule has 1 aromatic heterocycles. The van der Waals surface area contributed by atoms with Crippen molar-refractivity contribution >= 4 is 44.5 Å². The molecule has 10 heteroatoms. The van der Waals surface area contributed by atoms with Crippen LogP contribution in [-0.4, -0.2) is 59.8 Å². The average molecular weight is 508 g/mol. The predicted molar refractivity (Wildman–Crippen MR) is 136 cm³/mol. The number of anilines is 2. The van der Waals surface area contributed by atoms with Gasteiger partial charge in [-0.15, -0.1) is 0 Å². The Bertz CT molecular complexity index is 1490. The number of nitrogens with zero attached hydrogens (tertiary/aromatic N) is 5. The first-order valence-electron chi connectivity index (χ1n) is 12.4. The second-order valence-corrected chi connectivity index (χ2v) is 11.9. The summed E-state index contributed by atoms with van der Waals surface area (Å²) in [4.78, 5) is 33.8. The first-order valence-corrected chi connectivity index (χ1v) is 13.9. The Morgan fingerprint density at radius 2 is 1.75 bits per heavy atom. The lowest BCUT2D eigenvalue weighted by Gasteiger charge is -2.32. The van der Waals surface area contributed by atoms with Gasteiger partial charge in [-0.25, -0.2) is 13.4 Å². The minimum absolute atomic E-state index is 0.0102. The summed E-state index contributed by atoms with van der Waals surface area (Å²) >= 11 is 0. The van der Waals surface area contributed by atoms with Gasteiger partial charge in [-0.3, -0.25) is 14.5 Å². The van der Waals surface area contributed by atoms with E-state index in [4.69, 9.17) is 0 Å². The van der Waals surface area contributed by atoms with Crippen LogP contribution >= 0.6 is 0 Å². The summed E-state index contributed by atoms with van der Waals surface area (Å²) in [5, 5.41) is 0. The maximum absolute atomic E-state index is 13.4. The van der Waals surface area contributed by atoms with Gasteiger partial charge >= 0.3 is 0 Å². The third-order valence-electron chi connectivity index (χ3n) is 7.74. The number of aromatic nitrogens is 2. The van der Waals surface area contributed by atoms with Gasteiger partial charge < -0.3 is 9.47 Å². The highest BCUT2D eigenvalue weighted by Gasteiger charge is 2.38. The number of hydrogen-bond acceptors (Lipinski definition) is 5. The first kappa shape index (κ1) is 23.2. The zero-order valence-corrected chi connectivity index (χ0v) is 21.2. The molecule has 0 spiro atoms. The fraction of sp³-hybridized carbons (Fsp3) is 0.423. The number of benzene rings is 2. The number of carbonyl (C=O) groups excluding carboxylic acids is 2.